The summed E-state index contributed by atoms with van der Waals surface area (Å²) in [5.41, 5.74) is -0.114. The molecule has 0 atom stereocenters. The molecule has 7 heteroatoms. The fourth-order valence-corrected chi connectivity index (χ4v) is 1.61. The standard InChI is InChI=1S/C14H17FN2O4/c1-14(2,3)20-13(18)16-6-7-19-12-10-8-9(15)4-5-11(10)21-17-12/h4-5,8H,6-7H2,1-3H3,(H,16,18). The number of nitrogens with one attached hydrogen (secondary N) is 1. The Morgan fingerprint density at radius 3 is 2.90 bits per heavy atom. The molecule has 114 valence electrons. The number of amides is 1. The van der Waals surface area contributed by atoms with E-state index in [2.05, 4.69) is 10.5 Å². The number of carbonyl (C=O) groups excluding carboxylic acids is 1. The van der Waals surface area contributed by atoms with E-state index >= 15 is 0 Å². The van der Waals surface area contributed by atoms with Gasteiger partial charge in [0.1, 0.15) is 18.0 Å². The topological polar surface area (TPSA) is 73.6 Å². The summed E-state index contributed by atoms with van der Waals surface area (Å²) in [6, 6.07) is 4.04. The molecule has 1 aromatic heterocycles. The first-order valence-electron chi connectivity index (χ1n) is 6.50. The lowest BCUT2D eigenvalue weighted by atomic mass is 10.2. The summed E-state index contributed by atoms with van der Waals surface area (Å²) in [7, 11) is 0. The molecule has 0 aliphatic rings. The number of alkyl carbamates (subject to hydrolysis) is 1. The Morgan fingerprint density at radius 2 is 2.19 bits per heavy atom. The summed E-state index contributed by atoms with van der Waals surface area (Å²) in [5.74, 6) is -0.210. The van der Waals surface area contributed by atoms with Crippen LogP contribution in [0.15, 0.2) is 22.7 Å². The molecular weight excluding hydrogens is 279 g/mol. The molecule has 0 radical (unpaired) electrons. The third kappa shape index (κ3) is 4.34. The van der Waals surface area contributed by atoms with Gasteiger partial charge in [-0.1, -0.05) is 0 Å². The molecule has 6 nitrogen and oxygen atoms in total. The zero-order chi connectivity index (χ0) is 15.5. The van der Waals surface area contributed by atoms with Gasteiger partial charge in [-0.25, -0.2) is 9.18 Å². The molecule has 0 unspecified atom stereocenters. The van der Waals surface area contributed by atoms with E-state index in [-0.39, 0.29) is 19.0 Å². The molecule has 2 aromatic rings. The Morgan fingerprint density at radius 1 is 1.43 bits per heavy atom. The van der Waals surface area contributed by atoms with E-state index in [0.29, 0.717) is 11.0 Å². The van der Waals surface area contributed by atoms with Crippen LogP contribution in [0.2, 0.25) is 0 Å². The minimum atomic E-state index is -0.551. The van der Waals surface area contributed by atoms with Crippen molar-refractivity contribution < 1.29 is 23.2 Å². The number of hydrogen-bond donors (Lipinski definition) is 1. The summed E-state index contributed by atoms with van der Waals surface area (Å²) in [6.07, 6.45) is -0.526. The lowest BCUT2D eigenvalue weighted by molar-refractivity contribution is 0.0520. The zero-order valence-corrected chi connectivity index (χ0v) is 12.1. The lowest BCUT2D eigenvalue weighted by Gasteiger charge is -2.19. The SMILES string of the molecule is CC(C)(C)OC(=O)NCCOc1noc2ccc(F)cc12. The van der Waals surface area contributed by atoms with E-state index in [1.54, 1.807) is 20.8 Å². The third-order valence-corrected chi connectivity index (χ3v) is 2.41. The van der Waals surface area contributed by atoms with Crippen molar-refractivity contribution in [3.63, 3.8) is 0 Å². The number of carbonyl (C=O) groups is 1. The highest BCUT2D eigenvalue weighted by molar-refractivity contribution is 5.81. The minimum absolute atomic E-state index is 0.164. The maximum atomic E-state index is 13.1. The largest absolute Gasteiger partial charge is 0.473 e. The van der Waals surface area contributed by atoms with Crippen LogP contribution in [-0.2, 0) is 4.74 Å². The predicted octanol–water partition coefficient (Wildman–Crippen LogP) is 2.87. The molecule has 1 heterocycles. The van der Waals surface area contributed by atoms with Crippen LogP contribution in [0.25, 0.3) is 11.0 Å². The first-order valence-corrected chi connectivity index (χ1v) is 6.50. The van der Waals surface area contributed by atoms with Crippen LogP contribution in [0.1, 0.15) is 20.8 Å². The van der Waals surface area contributed by atoms with Crippen LogP contribution in [0.5, 0.6) is 5.88 Å². The first kappa shape index (κ1) is 15.1. The molecule has 0 aliphatic carbocycles. The monoisotopic (exact) mass is 296 g/mol. The first-order chi connectivity index (χ1) is 9.85. The number of rotatable bonds is 4. The smallest absolute Gasteiger partial charge is 0.407 e. The van der Waals surface area contributed by atoms with Crippen molar-refractivity contribution in [3.05, 3.63) is 24.0 Å². The van der Waals surface area contributed by atoms with Crippen molar-refractivity contribution in [2.45, 2.75) is 26.4 Å². The molecule has 0 saturated carbocycles. The molecule has 0 fully saturated rings. The number of hydrogen-bond acceptors (Lipinski definition) is 5. The van der Waals surface area contributed by atoms with Gasteiger partial charge in [0.15, 0.2) is 5.58 Å². The molecule has 0 bridgehead atoms. The zero-order valence-electron chi connectivity index (χ0n) is 12.1. The summed E-state index contributed by atoms with van der Waals surface area (Å²) in [5, 5.41) is 6.70. The van der Waals surface area contributed by atoms with Crippen LogP contribution < -0.4 is 10.1 Å². The number of benzene rings is 1. The molecule has 2 rings (SSSR count). The highest BCUT2D eigenvalue weighted by Crippen LogP contribution is 2.25. The van der Waals surface area contributed by atoms with Crippen molar-refractivity contribution in [1.82, 2.24) is 10.5 Å². The Labute approximate surface area is 121 Å². The molecular formula is C14H17FN2O4. The van der Waals surface area contributed by atoms with Crippen molar-refractivity contribution in [2.75, 3.05) is 13.2 Å². The van der Waals surface area contributed by atoms with Gasteiger partial charge in [-0.05, 0) is 44.1 Å². The Hall–Kier alpha value is -2.31. The average molecular weight is 296 g/mol. The molecule has 1 N–H and O–H groups in total. The van der Waals surface area contributed by atoms with E-state index < -0.39 is 17.5 Å². The van der Waals surface area contributed by atoms with E-state index in [1.165, 1.54) is 18.2 Å². The average Bonchev–Trinajstić information content (AvgIpc) is 2.75. The predicted molar refractivity (Wildman–Crippen MR) is 73.7 cm³/mol. The van der Waals surface area contributed by atoms with Crippen molar-refractivity contribution in [3.8, 4) is 5.88 Å². The fourth-order valence-electron chi connectivity index (χ4n) is 1.61. The van der Waals surface area contributed by atoms with Crippen LogP contribution in [-0.4, -0.2) is 30.0 Å². The second-order valence-electron chi connectivity index (χ2n) is 5.41. The highest BCUT2D eigenvalue weighted by atomic mass is 19.1. The van der Waals surface area contributed by atoms with E-state index in [4.69, 9.17) is 14.0 Å². The number of halogens is 1. The Kier molecular flexibility index (Phi) is 4.30. The van der Waals surface area contributed by atoms with E-state index in [9.17, 15) is 9.18 Å². The normalized spacial score (nSPS) is 11.4. The quantitative estimate of drug-likeness (QED) is 0.878. The highest BCUT2D eigenvalue weighted by Gasteiger charge is 2.16. The maximum absolute atomic E-state index is 13.1. The van der Waals surface area contributed by atoms with E-state index in [0.717, 1.165) is 0 Å². The minimum Gasteiger partial charge on any atom is -0.473 e. The van der Waals surface area contributed by atoms with Gasteiger partial charge in [0.05, 0.1) is 11.9 Å². The summed E-state index contributed by atoms with van der Waals surface area (Å²) in [4.78, 5) is 11.4. The van der Waals surface area contributed by atoms with Gasteiger partial charge in [-0.3, -0.25) is 0 Å². The Balaban J connectivity index is 1.83. The van der Waals surface area contributed by atoms with Crippen molar-refractivity contribution >= 4 is 17.1 Å². The van der Waals surface area contributed by atoms with Gasteiger partial charge in [0, 0.05) is 0 Å². The summed E-state index contributed by atoms with van der Waals surface area (Å²) in [6.45, 7) is 5.73. The van der Waals surface area contributed by atoms with Crippen LogP contribution >= 0.6 is 0 Å². The third-order valence-electron chi connectivity index (χ3n) is 2.41. The molecule has 0 spiro atoms. The summed E-state index contributed by atoms with van der Waals surface area (Å²) < 4.78 is 28.6. The number of ether oxygens (including phenoxy) is 2. The van der Waals surface area contributed by atoms with Crippen molar-refractivity contribution in [1.29, 1.82) is 0 Å². The van der Waals surface area contributed by atoms with Gasteiger partial charge in [0.2, 0.25) is 0 Å². The van der Waals surface area contributed by atoms with Gasteiger partial charge in [-0.2, -0.15) is 0 Å². The van der Waals surface area contributed by atoms with Gasteiger partial charge >= 0.3 is 6.09 Å². The Bertz CT molecular complexity index is 633. The van der Waals surface area contributed by atoms with Crippen molar-refractivity contribution in [2.24, 2.45) is 0 Å². The number of fused-ring (bicyclic) bond motifs is 1. The second-order valence-corrected chi connectivity index (χ2v) is 5.41. The van der Waals surface area contributed by atoms with E-state index in [1.807, 2.05) is 0 Å². The van der Waals surface area contributed by atoms with Crippen LogP contribution in [0.4, 0.5) is 9.18 Å². The molecule has 1 aromatic carbocycles. The summed E-state index contributed by atoms with van der Waals surface area (Å²) >= 11 is 0. The molecule has 21 heavy (non-hydrogen) atoms. The lowest BCUT2D eigenvalue weighted by Crippen LogP contribution is -2.34. The van der Waals surface area contributed by atoms with Crippen LogP contribution in [0.3, 0.4) is 0 Å². The molecule has 0 saturated heterocycles. The fraction of sp³-hybridized carbons (Fsp3) is 0.429. The number of aromatic nitrogens is 1. The number of nitrogens with zero attached hydrogens (tertiary/aromatic N) is 1. The van der Waals surface area contributed by atoms with Crippen LogP contribution in [0, 0.1) is 5.82 Å². The van der Waals surface area contributed by atoms with Gasteiger partial charge in [-0.15, -0.1) is 0 Å². The second kappa shape index (κ2) is 5.99. The molecule has 1 amide bonds. The van der Waals surface area contributed by atoms with Gasteiger partial charge < -0.3 is 19.3 Å². The maximum Gasteiger partial charge on any atom is 0.407 e. The molecule has 0 aliphatic heterocycles. The van der Waals surface area contributed by atoms with Gasteiger partial charge in [0.25, 0.3) is 5.88 Å².